The average molecular weight is 273 g/mol. The monoisotopic (exact) mass is 273 g/mol. The van der Waals surface area contributed by atoms with Crippen LogP contribution in [0.3, 0.4) is 0 Å². The minimum absolute atomic E-state index is 0.399. The fourth-order valence-electron chi connectivity index (χ4n) is 2.77. The zero-order chi connectivity index (χ0) is 14.1. The molecule has 0 spiro atoms. The average Bonchev–Trinajstić information content (AvgIpc) is 3.03. The summed E-state index contributed by atoms with van der Waals surface area (Å²) in [6.45, 7) is 8.59. The summed E-state index contributed by atoms with van der Waals surface area (Å²) in [5.74, 6) is 0.833. The van der Waals surface area contributed by atoms with Crippen LogP contribution in [0, 0.1) is 6.92 Å². The van der Waals surface area contributed by atoms with E-state index in [-0.39, 0.29) is 0 Å². The van der Waals surface area contributed by atoms with Gasteiger partial charge in [-0.1, -0.05) is 0 Å². The number of hydrogen-bond acceptors (Lipinski definition) is 4. The van der Waals surface area contributed by atoms with Crippen LogP contribution in [0.25, 0.3) is 5.65 Å². The largest absolute Gasteiger partial charge is 0.336 e. The van der Waals surface area contributed by atoms with Crippen molar-refractivity contribution < 1.29 is 0 Å². The lowest BCUT2D eigenvalue weighted by molar-refractivity contribution is 0.544. The van der Waals surface area contributed by atoms with E-state index in [4.69, 9.17) is 0 Å². The minimum atomic E-state index is 0.399. The highest BCUT2D eigenvalue weighted by molar-refractivity contribution is 5.46. The maximum atomic E-state index is 4.69. The predicted molar refractivity (Wildman–Crippen MR) is 81.2 cm³/mol. The van der Waals surface area contributed by atoms with E-state index in [1.165, 1.54) is 18.4 Å². The first-order chi connectivity index (χ1) is 9.63. The molecule has 0 saturated carbocycles. The second kappa shape index (κ2) is 5.40. The van der Waals surface area contributed by atoms with E-state index in [0.717, 1.165) is 24.7 Å². The number of hydrogen-bond donors (Lipinski definition) is 1. The van der Waals surface area contributed by atoms with Crippen LogP contribution in [0.5, 0.6) is 0 Å². The zero-order valence-electron chi connectivity index (χ0n) is 12.5. The molecule has 108 valence electrons. The minimum Gasteiger partial charge on any atom is -0.336 e. The van der Waals surface area contributed by atoms with Crippen LogP contribution in [-0.2, 0) is 0 Å². The Hall–Kier alpha value is -1.62. The molecular weight excluding hydrogens is 250 g/mol. The molecule has 0 amide bonds. The zero-order valence-corrected chi connectivity index (χ0v) is 12.5. The van der Waals surface area contributed by atoms with Crippen molar-refractivity contribution in [2.24, 2.45) is 0 Å². The second-order valence-electron chi connectivity index (χ2n) is 5.96. The first kappa shape index (κ1) is 13.4. The molecule has 2 aromatic rings. The Morgan fingerprint density at radius 2 is 2.35 bits per heavy atom. The maximum Gasteiger partial charge on any atom is 0.245 e. The molecule has 20 heavy (non-hydrogen) atoms. The van der Waals surface area contributed by atoms with Gasteiger partial charge in [-0.25, -0.2) is 4.52 Å². The van der Waals surface area contributed by atoms with Crippen LogP contribution in [0.1, 0.15) is 32.3 Å². The lowest BCUT2D eigenvalue weighted by Gasteiger charge is -2.28. The van der Waals surface area contributed by atoms with Gasteiger partial charge in [0.15, 0.2) is 5.65 Å². The molecule has 5 heteroatoms. The van der Waals surface area contributed by atoms with Crippen LogP contribution in [0.2, 0.25) is 0 Å². The van der Waals surface area contributed by atoms with Gasteiger partial charge in [0.05, 0.1) is 0 Å². The molecular formula is C15H23N5. The third-order valence-corrected chi connectivity index (χ3v) is 3.94. The highest BCUT2D eigenvalue weighted by Gasteiger charge is 2.22. The first-order valence-corrected chi connectivity index (χ1v) is 7.46. The molecule has 1 aliphatic rings. The molecule has 1 unspecified atom stereocenters. The van der Waals surface area contributed by atoms with E-state index >= 15 is 0 Å². The Labute approximate surface area is 120 Å². The van der Waals surface area contributed by atoms with Crippen molar-refractivity contribution in [3.8, 4) is 0 Å². The summed E-state index contributed by atoms with van der Waals surface area (Å²) in [7, 11) is 0. The molecule has 1 saturated heterocycles. The van der Waals surface area contributed by atoms with Crippen LogP contribution < -0.4 is 10.2 Å². The highest BCUT2D eigenvalue weighted by Crippen LogP contribution is 2.17. The summed E-state index contributed by atoms with van der Waals surface area (Å²) >= 11 is 0. The van der Waals surface area contributed by atoms with Crippen molar-refractivity contribution >= 4 is 11.6 Å². The molecule has 0 bridgehead atoms. The van der Waals surface area contributed by atoms with E-state index in [9.17, 15) is 0 Å². The van der Waals surface area contributed by atoms with Crippen LogP contribution >= 0.6 is 0 Å². The van der Waals surface area contributed by atoms with Gasteiger partial charge in [0.25, 0.3) is 0 Å². The van der Waals surface area contributed by atoms with Crippen molar-refractivity contribution in [3.63, 3.8) is 0 Å². The normalized spacial score (nSPS) is 19.1. The SMILES string of the molecule is Cc1ccn2nc(N(CC3CCCN3)C(C)C)nc2c1. The van der Waals surface area contributed by atoms with Crippen molar-refractivity contribution in [2.45, 2.75) is 45.7 Å². The van der Waals surface area contributed by atoms with Gasteiger partial charge in [0, 0.05) is 24.8 Å². The van der Waals surface area contributed by atoms with Gasteiger partial charge in [-0.05, 0) is 57.9 Å². The third-order valence-electron chi connectivity index (χ3n) is 3.94. The molecule has 3 rings (SSSR count). The summed E-state index contributed by atoms with van der Waals surface area (Å²) in [5.41, 5.74) is 2.13. The van der Waals surface area contributed by atoms with E-state index in [0.29, 0.717) is 12.1 Å². The second-order valence-corrected chi connectivity index (χ2v) is 5.96. The Balaban J connectivity index is 1.88. The third kappa shape index (κ3) is 2.63. The lowest BCUT2D eigenvalue weighted by atomic mass is 10.2. The Kier molecular flexibility index (Phi) is 3.61. The molecule has 1 fully saturated rings. The summed E-state index contributed by atoms with van der Waals surface area (Å²) in [6.07, 6.45) is 4.50. The first-order valence-electron chi connectivity index (χ1n) is 7.46. The molecule has 0 aromatic carbocycles. The van der Waals surface area contributed by atoms with Gasteiger partial charge in [-0.2, -0.15) is 4.98 Å². The van der Waals surface area contributed by atoms with Crippen LogP contribution in [-0.4, -0.2) is 39.8 Å². The Morgan fingerprint density at radius 3 is 3.05 bits per heavy atom. The number of aromatic nitrogens is 3. The highest BCUT2D eigenvalue weighted by atomic mass is 15.4. The van der Waals surface area contributed by atoms with Gasteiger partial charge < -0.3 is 10.2 Å². The number of pyridine rings is 1. The number of anilines is 1. The Morgan fingerprint density at radius 1 is 1.50 bits per heavy atom. The number of nitrogens with zero attached hydrogens (tertiary/aromatic N) is 4. The molecule has 1 aliphatic heterocycles. The summed E-state index contributed by atoms with van der Waals surface area (Å²) in [6, 6.07) is 5.09. The van der Waals surface area contributed by atoms with Crippen molar-refractivity contribution in [3.05, 3.63) is 23.9 Å². The van der Waals surface area contributed by atoms with E-state index in [1.807, 2.05) is 10.7 Å². The summed E-state index contributed by atoms with van der Waals surface area (Å²) in [5, 5.41) is 8.17. The van der Waals surface area contributed by atoms with Crippen LogP contribution in [0.4, 0.5) is 5.95 Å². The predicted octanol–water partition coefficient (Wildman–Crippen LogP) is 2.00. The van der Waals surface area contributed by atoms with Crippen molar-refractivity contribution in [2.75, 3.05) is 18.0 Å². The van der Waals surface area contributed by atoms with Gasteiger partial charge in [0.2, 0.25) is 5.95 Å². The Bertz CT molecular complexity index is 583. The molecule has 5 nitrogen and oxygen atoms in total. The fourth-order valence-corrected chi connectivity index (χ4v) is 2.77. The van der Waals surface area contributed by atoms with Gasteiger partial charge >= 0.3 is 0 Å². The van der Waals surface area contributed by atoms with Crippen molar-refractivity contribution in [1.82, 2.24) is 19.9 Å². The molecule has 0 aliphatic carbocycles. The number of rotatable bonds is 4. The molecule has 3 heterocycles. The number of fused-ring (bicyclic) bond motifs is 1. The quantitative estimate of drug-likeness (QED) is 0.925. The number of nitrogens with one attached hydrogen (secondary N) is 1. The molecule has 0 radical (unpaired) electrons. The lowest BCUT2D eigenvalue weighted by Crippen LogP contribution is -2.42. The van der Waals surface area contributed by atoms with Gasteiger partial charge in [-0.15, -0.1) is 5.10 Å². The molecule has 1 N–H and O–H groups in total. The summed E-state index contributed by atoms with van der Waals surface area (Å²) in [4.78, 5) is 6.98. The molecule has 2 aromatic heterocycles. The standard InChI is InChI=1S/C15H23N5/c1-11(2)19(10-13-5-4-7-16-13)15-17-14-9-12(3)6-8-20(14)18-15/h6,8-9,11,13,16H,4-5,7,10H2,1-3H3. The van der Waals surface area contributed by atoms with Gasteiger partial charge in [0.1, 0.15) is 0 Å². The smallest absolute Gasteiger partial charge is 0.245 e. The number of aryl methyl sites for hydroxylation is 1. The maximum absolute atomic E-state index is 4.69. The van der Waals surface area contributed by atoms with Crippen LogP contribution in [0.15, 0.2) is 18.3 Å². The van der Waals surface area contributed by atoms with E-state index in [2.05, 4.69) is 53.2 Å². The van der Waals surface area contributed by atoms with E-state index < -0.39 is 0 Å². The van der Waals surface area contributed by atoms with Gasteiger partial charge in [-0.3, -0.25) is 0 Å². The fraction of sp³-hybridized carbons (Fsp3) is 0.600. The topological polar surface area (TPSA) is 45.5 Å². The summed E-state index contributed by atoms with van der Waals surface area (Å²) < 4.78 is 1.86. The van der Waals surface area contributed by atoms with Crippen molar-refractivity contribution in [1.29, 1.82) is 0 Å². The van der Waals surface area contributed by atoms with E-state index in [1.54, 1.807) is 0 Å². The molecule has 1 atom stereocenters.